The minimum atomic E-state index is -1.43. The van der Waals surface area contributed by atoms with Crippen LogP contribution in [0.4, 0.5) is 11.4 Å². The molecule has 0 atom stereocenters. The Morgan fingerprint density at radius 2 is 1.62 bits per heavy atom. The Hall–Kier alpha value is -4.65. The Kier molecular flexibility index (Phi) is 4.83. The van der Waals surface area contributed by atoms with Crippen molar-refractivity contribution in [2.45, 2.75) is 0 Å². The van der Waals surface area contributed by atoms with Crippen LogP contribution in [0.25, 0.3) is 12.2 Å². The fourth-order valence-electron chi connectivity index (χ4n) is 4.20. The van der Waals surface area contributed by atoms with Crippen molar-refractivity contribution in [1.29, 1.82) is 0 Å². The number of carbonyl (C=O) groups excluding carboxylic acids is 3. The third-order valence-electron chi connectivity index (χ3n) is 5.85. The molecule has 2 amide bonds. The van der Waals surface area contributed by atoms with Crippen molar-refractivity contribution in [1.82, 2.24) is 0 Å². The number of hydrogen-bond donors (Lipinski definition) is 0. The van der Waals surface area contributed by atoms with E-state index in [2.05, 4.69) is 6.58 Å². The molecule has 3 aromatic carbocycles. The van der Waals surface area contributed by atoms with Crippen LogP contribution in [-0.2, 0) is 9.59 Å². The Labute approximate surface area is 195 Å². The number of aromatic carboxylic acids is 1. The zero-order valence-corrected chi connectivity index (χ0v) is 18.5. The molecule has 0 spiro atoms. The van der Waals surface area contributed by atoms with Gasteiger partial charge in [0.25, 0.3) is 11.8 Å². The van der Waals surface area contributed by atoms with Gasteiger partial charge in [0.2, 0.25) is 0 Å². The Balaban J connectivity index is 1.79. The first-order valence-corrected chi connectivity index (χ1v) is 10.5. The van der Waals surface area contributed by atoms with E-state index in [-0.39, 0.29) is 11.3 Å². The van der Waals surface area contributed by atoms with Crippen molar-refractivity contribution in [3.05, 3.63) is 93.9 Å². The molecule has 0 aromatic heterocycles. The summed E-state index contributed by atoms with van der Waals surface area (Å²) in [4.78, 5) is 39.3. The van der Waals surface area contributed by atoms with Crippen LogP contribution in [0.3, 0.4) is 0 Å². The normalized spacial score (nSPS) is 14.1. The van der Waals surface area contributed by atoms with Crippen molar-refractivity contribution < 1.29 is 24.2 Å². The molecule has 0 bridgehead atoms. The lowest BCUT2D eigenvalue weighted by Crippen LogP contribution is -2.31. The Morgan fingerprint density at radius 1 is 0.912 bits per heavy atom. The van der Waals surface area contributed by atoms with Crippen LogP contribution in [-0.4, -0.2) is 31.9 Å². The summed E-state index contributed by atoms with van der Waals surface area (Å²) >= 11 is 0. The SMILES string of the molecule is C=c1ccc2c(c1)Oc1cc(N(C)C)ccc1C=2c1ccc(N2C(=O)C=CC2=O)cc1C(=O)[O-]. The number of carboxylic acids is 1. The fourth-order valence-corrected chi connectivity index (χ4v) is 4.20. The van der Waals surface area contributed by atoms with E-state index in [0.717, 1.165) is 28.0 Å². The minimum absolute atomic E-state index is 0.144. The molecule has 0 aliphatic carbocycles. The van der Waals surface area contributed by atoms with Crippen LogP contribution in [0, 0.1) is 0 Å². The molecule has 0 N–H and O–H groups in total. The van der Waals surface area contributed by atoms with Crippen LogP contribution >= 0.6 is 0 Å². The standard InChI is InChI=1S/C27H20N2O5/c1-15-4-7-19-22(12-15)34-23-14-16(28(2)3)5-9-20(23)26(19)18-8-6-17(13-21(18)27(32)33)29-24(30)10-11-25(29)31/h4-14H,1H2,2-3H3,(H,32,33)/p-1. The number of imide groups is 1. The van der Waals surface area contributed by atoms with Gasteiger partial charge in [-0.1, -0.05) is 24.8 Å². The van der Waals surface area contributed by atoms with Crippen LogP contribution in [0.1, 0.15) is 21.5 Å². The summed E-state index contributed by atoms with van der Waals surface area (Å²) in [6.45, 7) is 3.97. The zero-order chi connectivity index (χ0) is 24.1. The lowest BCUT2D eigenvalue weighted by Gasteiger charge is -2.25. The highest BCUT2D eigenvalue weighted by Gasteiger charge is 2.28. The number of carbonyl (C=O) groups is 3. The van der Waals surface area contributed by atoms with Gasteiger partial charge in [-0.2, -0.15) is 0 Å². The van der Waals surface area contributed by atoms with Crippen molar-refractivity contribution in [3.63, 3.8) is 0 Å². The number of anilines is 2. The quantitative estimate of drug-likeness (QED) is 0.435. The first-order valence-electron chi connectivity index (χ1n) is 10.5. The van der Waals surface area contributed by atoms with Gasteiger partial charge in [-0.3, -0.25) is 9.59 Å². The van der Waals surface area contributed by atoms with Gasteiger partial charge >= 0.3 is 0 Å². The molecule has 168 valence electrons. The molecule has 0 unspecified atom stereocenters. The highest BCUT2D eigenvalue weighted by molar-refractivity contribution is 6.28. The number of fused-ring (bicyclic) bond motifs is 2. The van der Waals surface area contributed by atoms with E-state index in [1.54, 1.807) is 18.2 Å². The largest absolute Gasteiger partial charge is 0.545 e. The van der Waals surface area contributed by atoms with Gasteiger partial charge < -0.3 is 19.5 Å². The highest BCUT2D eigenvalue weighted by atomic mass is 16.5. The van der Waals surface area contributed by atoms with Gasteiger partial charge in [0.05, 0.1) is 11.7 Å². The van der Waals surface area contributed by atoms with E-state index in [1.807, 2.05) is 49.3 Å². The molecule has 2 aliphatic rings. The summed E-state index contributed by atoms with van der Waals surface area (Å²) in [5, 5.41) is 13.7. The van der Waals surface area contributed by atoms with E-state index in [4.69, 9.17) is 4.74 Å². The molecule has 2 heterocycles. The van der Waals surface area contributed by atoms with Gasteiger partial charge in [0.1, 0.15) is 11.5 Å². The van der Waals surface area contributed by atoms with E-state index in [0.29, 0.717) is 33.4 Å². The number of nitrogens with zero attached hydrogens (tertiary/aromatic N) is 2. The van der Waals surface area contributed by atoms with Crippen LogP contribution in [0.15, 0.2) is 66.7 Å². The molecule has 0 fully saturated rings. The van der Waals surface area contributed by atoms with Crippen molar-refractivity contribution in [2.75, 3.05) is 23.9 Å². The molecular formula is C27H19N2O5-. The number of hydrogen-bond acceptors (Lipinski definition) is 6. The zero-order valence-electron chi connectivity index (χ0n) is 18.5. The van der Waals surface area contributed by atoms with Gasteiger partial charge in [0.15, 0.2) is 0 Å². The third kappa shape index (κ3) is 3.34. The van der Waals surface area contributed by atoms with Gasteiger partial charge in [0, 0.05) is 59.9 Å². The molecular weight excluding hydrogens is 432 g/mol. The summed E-state index contributed by atoms with van der Waals surface area (Å²) in [5.74, 6) is -1.37. The first-order chi connectivity index (χ1) is 16.2. The number of rotatable bonds is 4. The molecule has 0 radical (unpaired) electrons. The fraction of sp³-hybridized carbons (Fsp3) is 0.0741. The average molecular weight is 451 g/mol. The Bertz CT molecular complexity index is 1530. The van der Waals surface area contributed by atoms with E-state index in [9.17, 15) is 19.5 Å². The molecule has 0 saturated carbocycles. The highest BCUT2D eigenvalue weighted by Crippen LogP contribution is 2.39. The molecule has 5 rings (SSSR count). The van der Waals surface area contributed by atoms with Crippen molar-refractivity contribution in [2.24, 2.45) is 0 Å². The average Bonchev–Trinajstić information content (AvgIpc) is 3.14. The summed E-state index contributed by atoms with van der Waals surface area (Å²) in [5.41, 5.74) is 2.67. The maximum absolute atomic E-state index is 12.2. The second-order valence-corrected chi connectivity index (χ2v) is 8.25. The second-order valence-electron chi connectivity index (χ2n) is 8.25. The topological polar surface area (TPSA) is 90.0 Å². The number of benzene rings is 3. The molecule has 7 nitrogen and oxygen atoms in total. The van der Waals surface area contributed by atoms with Gasteiger partial charge in [-0.15, -0.1) is 0 Å². The summed E-state index contributed by atoms with van der Waals surface area (Å²) in [7, 11) is 3.83. The lowest BCUT2D eigenvalue weighted by atomic mass is 9.89. The smallest absolute Gasteiger partial charge is 0.258 e. The van der Waals surface area contributed by atoms with E-state index < -0.39 is 17.8 Å². The summed E-state index contributed by atoms with van der Waals surface area (Å²) in [6, 6.07) is 15.6. The first kappa shape index (κ1) is 21.2. The van der Waals surface area contributed by atoms with Crippen LogP contribution in [0.2, 0.25) is 0 Å². The molecule has 2 aliphatic heterocycles. The van der Waals surface area contributed by atoms with Crippen LogP contribution in [0.5, 0.6) is 11.5 Å². The lowest BCUT2D eigenvalue weighted by molar-refractivity contribution is -0.255. The van der Waals surface area contributed by atoms with Crippen molar-refractivity contribution >= 4 is 41.3 Å². The predicted octanol–water partition coefficient (Wildman–Crippen LogP) is 1.31. The van der Waals surface area contributed by atoms with E-state index >= 15 is 0 Å². The number of carboxylic acid groups (broad SMARTS) is 1. The molecule has 3 aromatic rings. The van der Waals surface area contributed by atoms with Crippen molar-refractivity contribution in [3.8, 4) is 11.5 Å². The number of amides is 2. The predicted molar refractivity (Wildman–Crippen MR) is 126 cm³/mol. The summed E-state index contributed by atoms with van der Waals surface area (Å²) in [6.07, 6.45) is 2.29. The van der Waals surface area contributed by atoms with Crippen LogP contribution < -0.4 is 30.1 Å². The monoisotopic (exact) mass is 451 g/mol. The molecule has 7 heteroatoms. The van der Waals surface area contributed by atoms with Gasteiger partial charge in [-0.25, -0.2) is 4.90 Å². The van der Waals surface area contributed by atoms with E-state index in [1.165, 1.54) is 6.07 Å². The minimum Gasteiger partial charge on any atom is -0.545 e. The Morgan fingerprint density at radius 3 is 2.29 bits per heavy atom. The van der Waals surface area contributed by atoms with Gasteiger partial charge in [-0.05, 0) is 41.1 Å². The maximum atomic E-state index is 12.2. The summed E-state index contributed by atoms with van der Waals surface area (Å²) < 4.78 is 6.18. The third-order valence-corrected chi connectivity index (χ3v) is 5.85. The molecule has 0 saturated heterocycles. The molecule has 34 heavy (non-hydrogen) atoms. The second kappa shape index (κ2) is 7.74. The maximum Gasteiger partial charge on any atom is 0.258 e. The number of ether oxygens (including phenoxy) is 1.